The lowest BCUT2D eigenvalue weighted by molar-refractivity contribution is 0.174. The number of guanidine groups is 1. The predicted molar refractivity (Wildman–Crippen MR) is 119 cm³/mol. The Morgan fingerprint density at radius 2 is 1.68 bits per heavy atom. The van der Waals surface area contributed by atoms with Gasteiger partial charge in [-0.2, -0.15) is 0 Å². The van der Waals surface area contributed by atoms with Crippen LogP contribution in [0.1, 0.15) is 18.1 Å². The van der Waals surface area contributed by atoms with Crippen LogP contribution in [0, 0.1) is 0 Å². The lowest BCUT2D eigenvalue weighted by Crippen LogP contribution is -2.36. The summed E-state index contributed by atoms with van der Waals surface area (Å²) in [6.45, 7) is 4.07. The number of hydrogen-bond donors (Lipinski definition) is 2. The van der Waals surface area contributed by atoms with E-state index in [1.54, 1.807) is 14.2 Å². The number of ether oxygens (including phenoxy) is 4. The number of methoxy groups -OCH3 is 1. The zero-order chi connectivity index (χ0) is 19.1. The van der Waals surface area contributed by atoms with Gasteiger partial charge in [-0.25, -0.2) is 0 Å². The maximum absolute atomic E-state index is 5.55. The van der Waals surface area contributed by atoms with Gasteiger partial charge in [0.15, 0.2) is 29.0 Å². The van der Waals surface area contributed by atoms with Crippen LogP contribution in [0.15, 0.2) is 41.4 Å². The SMILES string of the molecule is CCOc1ccc(CNC(=NC)NCc2ccc3c(c2)OCO3)cc1OC.I. The summed E-state index contributed by atoms with van der Waals surface area (Å²) in [4.78, 5) is 4.26. The van der Waals surface area contributed by atoms with E-state index in [0.717, 1.165) is 34.1 Å². The van der Waals surface area contributed by atoms with Crippen LogP contribution in [0.3, 0.4) is 0 Å². The molecule has 0 radical (unpaired) electrons. The Balaban J connectivity index is 0.00000280. The van der Waals surface area contributed by atoms with E-state index in [0.29, 0.717) is 25.7 Å². The Labute approximate surface area is 182 Å². The maximum Gasteiger partial charge on any atom is 0.231 e. The molecule has 0 unspecified atom stereocenters. The summed E-state index contributed by atoms with van der Waals surface area (Å²) in [6, 6.07) is 11.8. The molecule has 0 amide bonds. The third-order valence-electron chi connectivity index (χ3n) is 4.11. The smallest absolute Gasteiger partial charge is 0.231 e. The molecule has 1 aliphatic heterocycles. The molecular formula is C20H26IN3O4. The number of aliphatic imine (C=N–C) groups is 1. The summed E-state index contributed by atoms with van der Waals surface area (Å²) in [5.41, 5.74) is 2.16. The van der Waals surface area contributed by atoms with Crippen LogP contribution in [0.4, 0.5) is 0 Å². The molecule has 152 valence electrons. The van der Waals surface area contributed by atoms with E-state index >= 15 is 0 Å². The van der Waals surface area contributed by atoms with Gasteiger partial charge in [0.2, 0.25) is 6.79 Å². The molecule has 7 nitrogen and oxygen atoms in total. The quantitative estimate of drug-likeness (QED) is 0.346. The molecule has 2 aromatic carbocycles. The minimum absolute atomic E-state index is 0. The minimum atomic E-state index is 0. The van der Waals surface area contributed by atoms with E-state index in [2.05, 4.69) is 15.6 Å². The van der Waals surface area contributed by atoms with Crippen molar-refractivity contribution in [3.8, 4) is 23.0 Å². The fourth-order valence-corrected chi connectivity index (χ4v) is 2.74. The molecule has 8 heteroatoms. The van der Waals surface area contributed by atoms with Gasteiger partial charge >= 0.3 is 0 Å². The van der Waals surface area contributed by atoms with E-state index in [1.807, 2.05) is 43.3 Å². The second-order valence-electron chi connectivity index (χ2n) is 5.89. The molecular weight excluding hydrogens is 473 g/mol. The van der Waals surface area contributed by atoms with E-state index in [1.165, 1.54) is 0 Å². The van der Waals surface area contributed by atoms with Crippen LogP contribution in [-0.2, 0) is 13.1 Å². The van der Waals surface area contributed by atoms with Gasteiger partial charge < -0.3 is 29.6 Å². The second kappa shape index (κ2) is 10.8. The first-order valence-electron chi connectivity index (χ1n) is 8.86. The fourth-order valence-electron chi connectivity index (χ4n) is 2.74. The molecule has 0 aromatic heterocycles. The van der Waals surface area contributed by atoms with Crippen molar-refractivity contribution < 1.29 is 18.9 Å². The third-order valence-corrected chi connectivity index (χ3v) is 4.11. The summed E-state index contributed by atoms with van der Waals surface area (Å²) >= 11 is 0. The topological polar surface area (TPSA) is 73.3 Å². The van der Waals surface area contributed by atoms with E-state index in [4.69, 9.17) is 18.9 Å². The lowest BCUT2D eigenvalue weighted by atomic mass is 10.2. The molecule has 1 heterocycles. The average Bonchev–Trinajstić information content (AvgIpc) is 3.17. The van der Waals surface area contributed by atoms with E-state index in [9.17, 15) is 0 Å². The summed E-state index contributed by atoms with van der Waals surface area (Å²) in [6.07, 6.45) is 0. The van der Waals surface area contributed by atoms with Crippen molar-refractivity contribution in [2.24, 2.45) is 4.99 Å². The highest BCUT2D eigenvalue weighted by Gasteiger charge is 2.13. The van der Waals surface area contributed by atoms with Gasteiger partial charge in [-0.1, -0.05) is 12.1 Å². The minimum Gasteiger partial charge on any atom is -0.493 e. The molecule has 28 heavy (non-hydrogen) atoms. The Morgan fingerprint density at radius 3 is 2.36 bits per heavy atom. The molecule has 2 N–H and O–H groups in total. The Morgan fingerprint density at radius 1 is 1.00 bits per heavy atom. The summed E-state index contributed by atoms with van der Waals surface area (Å²) in [5, 5.41) is 6.59. The molecule has 0 atom stereocenters. The van der Waals surface area contributed by atoms with Gasteiger partial charge in [0.25, 0.3) is 0 Å². The van der Waals surface area contributed by atoms with Crippen molar-refractivity contribution in [3.05, 3.63) is 47.5 Å². The van der Waals surface area contributed by atoms with Crippen molar-refractivity contribution in [3.63, 3.8) is 0 Å². The highest BCUT2D eigenvalue weighted by molar-refractivity contribution is 14.0. The molecule has 1 aliphatic rings. The molecule has 0 fully saturated rings. The van der Waals surface area contributed by atoms with Gasteiger partial charge in [0, 0.05) is 20.1 Å². The number of fused-ring (bicyclic) bond motifs is 1. The second-order valence-corrected chi connectivity index (χ2v) is 5.89. The van der Waals surface area contributed by atoms with Crippen molar-refractivity contribution in [2.75, 3.05) is 27.6 Å². The Kier molecular flexibility index (Phi) is 8.49. The van der Waals surface area contributed by atoms with Gasteiger partial charge in [-0.05, 0) is 42.3 Å². The van der Waals surface area contributed by atoms with Crippen LogP contribution in [-0.4, -0.2) is 33.5 Å². The number of halogens is 1. The summed E-state index contributed by atoms with van der Waals surface area (Å²) in [7, 11) is 3.38. The largest absolute Gasteiger partial charge is 0.493 e. The van der Waals surface area contributed by atoms with E-state index in [-0.39, 0.29) is 30.8 Å². The van der Waals surface area contributed by atoms with Gasteiger partial charge in [-0.15, -0.1) is 24.0 Å². The molecule has 0 bridgehead atoms. The normalized spacial score (nSPS) is 12.2. The lowest BCUT2D eigenvalue weighted by Gasteiger charge is -2.14. The first-order valence-corrected chi connectivity index (χ1v) is 8.86. The molecule has 2 aromatic rings. The fraction of sp³-hybridized carbons (Fsp3) is 0.350. The van der Waals surface area contributed by atoms with Crippen LogP contribution >= 0.6 is 24.0 Å². The molecule has 3 rings (SSSR count). The van der Waals surface area contributed by atoms with Crippen molar-refractivity contribution >= 4 is 29.9 Å². The van der Waals surface area contributed by atoms with Crippen LogP contribution in [0.5, 0.6) is 23.0 Å². The highest BCUT2D eigenvalue weighted by Crippen LogP contribution is 2.32. The number of nitrogens with one attached hydrogen (secondary N) is 2. The highest BCUT2D eigenvalue weighted by atomic mass is 127. The van der Waals surface area contributed by atoms with Crippen molar-refractivity contribution in [1.82, 2.24) is 10.6 Å². The maximum atomic E-state index is 5.55. The van der Waals surface area contributed by atoms with Gasteiger partial charge in [-0.3, -0.25) is 4.99 Å². The number of benzene rings is 2. The molecule has 0 aliphatic carbocycles. The van der Waals surface area contributed by atoms with Crippen molar-refractivity contribution in [2.45, 2.75) is 20.0 Å². The van der Waals surface area contributed by atoms with Crippen LogP contribution in [0.25, 0.3) is 0 Å². The number of hydrogen-bond acceptors (Lipinski definition) is 5. The zero-order valence-corrected chi connectivity index (χ0v) is 18.6. The monoisotopic (exact) mass is 499 g/mol. The standard InChI is InChI=1S/C20H25N3O4.HI/c1-4-25-16-7-5-14(9-18(16)24-3)11-22-20(21-2)23-12-15-6-8-17-19(10-15)27-13-26-17;/h5-10H,4,11-13H2,1-3H3,(H2,21,22,23);1H. The van der Waals surface area contributed by atoms with Gasteiger partial charge in [0.1, 0.15) is 0 Å². The van der Waals surface area contributed by atoms with Crippen molar-refractivity contribution in [1.29, 1.82) is 0 Å². The first-order chi connectivity index (χ1) is 13.2. The molecule has 0 saturated carbocycles. The summed E-state index contributed by atoms with van der Waals surface area (Å²) < 4.78 is 21.7. The molecule has 0 spiro atoms. The Hall–Kier alpha value is -2.36. The van der Waals surface area contributed by atoms with Crippen LogP contribution < -0.4 is 29.6 Å². The van der Waals surface area contributed by atoms with Gasteiger partial charge in [0.05, 0.1) is 13.7 Å². The molecule has 0 saturated heterocycles. The summed E-state index contributed by atoms with van der Waals surface area (Å²) in [5.74, 6) is 3.73. The number of nitrogens with zero attached hydrogens (tertiary/aromatic N) is 1. The third kappa shape index (κ3) is 5.57. The average molecular weight is 499 g/mol. The van der Waals surface area contributed by atoms with Crippen LogP contribution in [0.2, 0.25) is 0 Å². The Bertz CT molecular complexity index is 814. The number of rotatable bonds is 7. The zero-order valence-electron chi connectivity index (χ0n) is 16.3. The van der Waals surface area contributed by atoms with E-state index < -0.39 is 0 Å². The first kappa shape index (κ1) is 21.9. The predicted octanol–water partition coefficient (Wildman–Crippen LogP) is 3.31.